The molecule has 0 heterocycles. The Balaban J connectivity index is 2.10. The number of aryl methyl sites for hydroxylation is 1. The summed E-state index contributed by atoms with van der Waals surface area (Å²) in [5.41, 5.74) is 3.28. The van der Waals surface area contributed by atoms with E-state index < -0.39 is 0 Å². The first-order chi connectivity index (χ1) is 8.75. The summed E-state index contributed by atoms with van der Waals surface area (Å²) >= 11 is 0. The predicted octanol–water partition coefficient (Wildman–Crippen LogP) is 3.05. The average Bonchev–Trinajstić information content (AvgIpc) is 2.80. The summed E-state index contributed by atoms with van der Waals surface area (Å²) in [5, 5.41) is 6.45. The molecule has 1 aliphatic rings. The summed E-state index contributed by atoms with van der Waals surface area (Å²) in [5.74, 6) is -0.378. The molecule has 0 saturated heterocycles. The quantitative estimate of drug-likeness (QED) is 0.566. The number of benzene rings is 2. The third kappa shape index (κ3) is 1.78. The SMILES string of the molecule is CC(=O)ON=C1CCc2c1ccc1ccccc21. The lowest BCUT2D eigenvalue weighted by atomic mass is 10.0. The Morgan fingerprint density at radius 1 is 1.17 bits per heavy atom. The molecule has 0 aromatic heterocycles. The maximum atomic E-state index is 10.8. The van der Waals surface area contributed by atoms with Crippen molar-refractivity contribution >= 4 is 22.5 Å². The molecule has 0 N–H and O–H groups in total. The van der Waals surface area contributed by atoms with Crippen molar-refractivity contribution in [2.24, 2.45) is 5.16 Å². The predicted molar refractivity (Wildman–Crippen MR) is 70.6 cm³/mol. The van der Waals surface area contributed by atoms with Gasteiger partial charge in [0.25, 0.3) is 0 Å². The Morgan fingerprint density at radius 2 is 2.00 bits per heavy atom. The smallest absolute Gasteiger partial charge is 0.318 e. The van der Waals surface area contributed by atoms with E-state index in [4.69, 9.17) is 4.84 Å². The van der Waals surface area contributed by atoms with Crippen molar-refractivity contribution in [3.05, 3.63) is 47.5 Å². The summed E-state index contributed by atoms with van der Waals surface area (Å²) in [7, 11) is 0. The van der Waals surface area contributed by atoms with E-state index in [1.807, 2.05) is 12.1 Å². The van der Waals surface area contributed by atoms with Crippen LogP contribution in [0.25, 0.3) is 10.8 Å². The lowest BCUT2D eigenvalue weighted by Crippen LogP contribution is -1.99. The highest BCUT2D eigenvalue weighted by Crippen LogP contribution is 2.30. The lowest BCUT2D eigenvalue weighted by Gasteiger charge is -2.04. The second kappa shape index (κ2) is 4.26. The van der Waals surface area contributed by atoms with E-state index >= 15 is 0 Å². The Kier molecular flexibility index (Phi) is 2.59. The van der Waals surface area contributed by atoms with Crippen molar-refractivity contribution in [1.82, 2.24) is 0 Å². The number of fused-ring (bicyclic) bond motifs is 3. The van der Waals surface area contributed by atoms with Gasteiger partial charge in [0.15, 0.2) is 0 Å². The average molecular weight is 239 g/mol. The van der Waals surface area contributed by atoms with Crippen LogP contribution in [0.1, 0.15) is 24.5 Å². The third-order valence-corrected chi connectivity index (χ3v) is 3.25. The van der Waals surface area contributed by atoms with Crippen LogP contribution in [-0.4, -0.2) is 11.7 Å². The fourth-order valence-corrected chi connectivity index (χ4v) is 2.47. The zero-order chi connectivity index (χ0) is 12.5. The molecule has 3 heteroatoms. The van der Waals surface area contributed by atoms with E-state index in [-0.39, 0.29) is 5.97 Å². The molecule has 90 valence electrons. The molecule has 2 aromatic carbocycles. The third-order valence-electron chi connectivity index (χ3n) is 3.25. The standard InChI is InChI=1S/C15H13NO2/c1-10(17)18-16-15-9-8-13-12-5-3-2-4-11(12)6-7-14(13)15/h2-7H,8-9H2,1H3. The Bertz CT molecular complexity index is 659. The van der Waals surface area contributed by atoms with Gasteiger partial charge >= 0.3 is 5.97 Å². The van der Waals surface area contributed by atoms with Crippen molar-refractivity contribution in [1.29, 1.82) is 0 Å². The first-order valence-corrected chi connectivity index (χ1v) is 6.01. The highest BCUT2D eigenvalue weighted by Gasteiger charge is 2.20. The molecule has 3 rings (SSSR count). The van der Waals surface area contributed by atoms with Crippen LogP contribution < -0.4 is 0 Å². The number of nitrogens with zero attached hydrogens (tertiary/aromatic N) is 1. The summed E-state index contributed by atoms with van der Waals surface area (Å²) in [6.07, 6.45) is 1.79. The molecule has 0 radical (unpaired) electrons. The zero-order valence-electron chi connectivity index (χ0n) is 10.1. The minimum absolute atomic E-state index is 0.378. The van der Waals surface area contributed by atoms with Crippen molar-refractivity contribution < 1.29 is 9.63 Å². The number of oxime groups is 1. The van der Waals surface area contributed by atoms with Gasteiger partial charge in [-0.1, -0.05) is 41.6 Å². The lowest BCUT2D eigenvalue weighted by molar-refractivity contribution is -0.140. The van der Waals surface area contributed by atoms with E-state index in [0.717, 1.165) is 24.1 Å². The van der Waals surface area contributed by atoms with E-state index in [1.54, 1.807) is 0 Å². The van der Waals surface area contributed by atoms with Gasteiger partial charge in [-0.25, -0.2) is 4.79 Å². The molecule has 0 fully saturated rings. The van der Waals surface area contributed by atoms with Crippen LogP contribution >= 0.6 is 0 Å². The number of rotatable bonds is 1. The van der Waals surface area contributed by atoms with E-state index in [9.17, 15) is 4.79 Å². The van der Waals surface area contributed by atoms with Crippen molar-refractivity contribution in [3.63, 3.8) is 0 Å². The number of carbonyl (C=O) groups excluding carboxylic acids is 1. The molecule has 0 atom stereocenters. The van der Waals surface area contributed by atoms with Gasteiger partial charge in [-0.15, -0.1) is 0 Å². The second-order valence-corrected chi connectivity index (χ2v) is 4.43. The Labute approximate surface area is 105 Å². The second-order valence-electron chi connectivity index (χ2n) is 4.43. The summed E-state index contributed by atoms with van der Waals surface area (Å²) in [6, 6.07) is 12.5. The number of hydrogen-bond acceptors (Lipinski definition) is 3. The Morgan fingerprint density at radius 3 is 2.83 bits per heavy atom. The van der Waals surface area contributed by atoms with Gasteiger partial charge in [0, 0.05) is 12.5 Å². The molecule has 3 nitrogen and oxygen atoms in total. The molecule has 0 spiro atoms. The molecule has 1 aliphatic carbocycles. The van der Waals surface area contributed by atoms with Crippen LogP contribution in [0.5, 0.6) is 0 Å². The fourth-order valence-electron chi connectivity index (χ4n) is 2.47. The summed E-state index contributed by atoms with van der Waals surface area (Å²) < 4.78 is 0. The summed E-state index contributed by atoms with van der Waals surface area (Å²) in [4.78, 5) is 15.5. The minimum Gasteiger partial charge on any atom is -0.318 e. The number of carbonyl (C=O) groups is 1. The van der Waals surface area contributed by atoms with Gasteiger partial charge in [-0.3, -0.25) is 0 Å². The maximum Gasteiger partial charge on any atom is 0.331 e. The summed E-state index contributed by atoms with van der Waals surface area (Å²) in [6.45, 7) is 1.36. The number of hydrogen-bond donors (Lipinski definition) is 0. The van der Waals surface area contributed by atoms with E-state index in [0.29, 0.717) is 0 Å². The van der Waals surface area contributed by atoms with E-state index in [1.165, 1.54) is 23.3 Å². The van der Waals surface area contributed by atoms with Crippen LogP contribution in [0.15, 0.2) is 41.6 Å². The van der Waals surface area contributed by atoms with Gasteiger partial charge in [0.2, 0.25) is 0 Å². The molecule has 2 aromatic rings. The molecular formula is C15H13NO2. The van der Waals surface area contributed by atoms with Gasteiger partial charge in [-0.2, -0.15) is 0 Å². The normalized spacial score (nSPS) is 15.9. The largest absolute Gasteiger partial charge is 0.331 e. The monoisotopic (exact) mass is 239 g/mol. The van der Waals surface area contributed by atoms with Crippen LogP contribution in [0.3, 0.4) is 0 Å². The first-order valence-electron chi connectivity index (χ1n) is 6.01. The molecule has 0 aliphatic heterocycles. The molecular weight excluding hydrogens is 226 g/mol. The van der Waals surface area contributed by atoms with Gasteiger partial charge in [0.05, 0.1) is 5.71 Å². The highest BCUT2D eigenvalue weighted by molar-refractivity contribution is 6.08. The van der Waals surface area contributed by atoms with Gasteiger partial charge in [0.1, 0.15) is 0 Å². The van der Waals surface area contributed by atoms with E-state index in [2.05, 4.69) is 29.4 Å². The van der Waals surface area contributed by atoms with Crippen molar-refractivity contribution in [3.8, 4) is 0 Å². The molecule has 0 unspecified atom stereocenters. The zero-order valence-corrected chi connectivity index (χ0v) is 10.1. The Hall–Kier alpha value is -2.16. The van der Waals surface area contributed by atoms with Crippen LogP contribution in [-0.2, 0) is 16.1 Å². The molecule has 0 saturated carbocycles. The fraction of sp³-hybridized carbons (Fsp3) is 0.200. The van der Waals surface area contributed by atoms with Gasteiger partial charge < -0.3 is 4.84 Å². The topological polar surface area (TPSA) is 38.7 Å². The minimum atomic E-state index is -0.378. The first kappa shape index (κ1) is 11.0. The maximum absolute atomic E-state index is 10.8. The molecule has 0 amide bonds. The molecule has 18 heavy (non-hydrogen) atoms. The van der Waals surface area contributed by atoms with Crippen LogP contribution in [0, 0.1) is 0 Å². The highest BCUT2D eigenvalue weighted by atomic mass is 16.7. The molecule has 0 bridgehead atoms. The van der Waals surface area contributed by atoms with Crippen LogP contribution in [0.2, 0.25) is 0 Å². The van der Waals surface area contributed by atoms with Crippen LogP contribution in [0.4, 0.5) is 0 Å². The van der Waals surface area contributed by atoms with Crippen molar-refractivity contribution in [2.75, 3.05) is 0 Å². The van der Waals surface area contributed by atoms with Gasteiger partial charge in [-0.05, 0) is 29.2 Å². The van der Waals surface area contributed by atoms with Crippen molar-refractivity contribution in [2.45, 2.75) is 19.8 Å².